The molecule has 3 rings (SSSR count). The molecule has 0 spiro atoms. The van der Waals surface area contributed by atoms with Gasteiger partial charge in [0.05, 0.1) is 11.7 Å². The summed E-state index contributed by atoms with van der Waals surface area (Å²) in [5, 5.41) is 2.79. The Morgan fingerprint density at radius 3 is 2.58 bits per heavy atom. The van der Waals surface area contributed by atoms with Crippen LogP contribution in [0.1, 0.15) is 63.2 Å². The molecule has 33 heavy (non-hydrogen) atoms. The van der Waals surface area contributed by atoms with Gasteiger partial charge < -0.3 is 19.7 Å². The fourth-order valence-electron chi connectivity index (χ4n) is 5.08. The van der Waals surface area contributed by atoms with Crippen LogP contribution in [-0.2, 0) is 9.53 Å². The zero-order valence-electron chi connectivity index (χ0n) is 20.9. The first-order valence-electron chi connectivity index (χ1n) is 12.3. The first kappa shape index (κ1) is 25.5. The fraction of sp³-hybridized carbons (Fsp3) is 0.692. The van der Waals surface area contributed by atoms with Crippen molar-refractivity contribution in [2.45, 2.75) is 65.0 Å². The summed E-state index contributed by atoms with van der Waals surface area (Å²) in [6.07, 6.45) is 6.55. The molecule has 0 aromatic heterocycles. The molecule has 1 fully saturated rings. The van der Waals surface area contributed by atoms with E-state index >= 15 is 0 Å². The summed E-state index contributed by atoms with van der Waals surface area (Å²) in [5.74, 6) is 1.24. The second-order valence-electron chi connectivity index (χ2n) is 9.95. The van der Waals surface area contributed by atoms with Gasteiger partial charge in [-0.1, -0.05) is 26.2 Å². The van der Waals surface area contributed by atoms with Crippen LogP contribution in [0.3, 0.4) is 0 Å². The highest BCUT2D eigenvalue weighted by atomic mass is 16.5. The number of anilines is 1. The lowest BCUT2D eigenvalue weighted by atomic mass is 9.88. The minimum atomic E-state index is -0.157. The first-order valence-corrected chi connectivity index (χ1v) is 12.3. The van der Waals surface area contributed by atoms with Gasteiger partial charge in [-0.05, 0) is 43.7 Å². The monoisotopic (exact) mass is 459 g/mol. The van der Waals surface area contributed by atoms with E-state index < -0.39 is 0 Å². The topological polar surface area (TPSA) is 71.1 Å². The van der Waals surface area contributed by atoms with Crippen LogP contribution in [0.15, 0.2) is 18.2 Å². The molecule has 1 aliphatic heterocycles. The molecule has 0 radical (unpaired) electrons. The minimum Gasteiger partial charge on any atom is -0.491 e. The van der Waals surface area contributed by atoms with Gasteiger partial charge in [-0.3, -0.25) is 14.5 Å². The van der Waals surface area contributed by atoms with Crippen molar-refractivity contribution >= 4 is 17.5 Å². The van der Waals surface area contributed by atoms with Crippen LogP contribution in [0.4, 0.5) is 5.69 Å². The highest BCUT2D eigenvalue weighted by Gasteiger charge is 2.29. The summed E-state index contributed by atoms with van der Waals surface area (Å²) in [5.41, 5.74) is 1.12. The number of likely N-dealkylation sites (N-methyl/N-ethyl adjacent to an activating group) is 1. The van der Waals surface area contributed by atoms with Gasteiger partial charge in [0.15, 0.2) is 0 Å². The standard InChI is InChI=1S/C26H41N3O4/c1-18-14-29(15-21-9-7-6-8-10-21)19(2)17-33-24-13-22(27-20(3)30)11-12-23(24)26(31)28(4)16-25(18)32-5/h11-13,18-19,21,25H,6-10,14-17H2,1-5H3,(H,27,30)/t18-,19-,25+/m1/s1. The Morgan fingerprint density at radius 2 is 1.91 bits per heavy atom. The molecular weight excluding hydrogens is 418 g/mol. The van der Waals surface area contributed by atoms with Gasteiger partial charge in [0.1, 0.15) is 12.4 Å². The summed E-state index contributed by atoms with van der Waals surface area (Å²) < 4.78 is 12.1. The van der Waals surface area contributed by atoms with Gasteiger partial charge in [0.25, 0.3) is 5.91 Å². The van der Waals surface area contributed by atoms with Crippen LogP contribution < -0.4 is 10.1 Å². The molecule has 0 bridgehead atoms. The van der Waals surface area contributed by atoms with E-state index in [-0.39, 0.29) is 29.9 Å². The van der Waals surface area contributed by atoms with Crippen molar-refractivity contribution in [3.05, 3.63) is 23.8 Å². The molecule has 1 N–H and O–H groups in total. The first-order chi connectivity index (χ1) is 15.8. The van der Waals surface area contributed by atoms with E-state index in [9.17, 15) is 9.59 Å². The summed E-state index contributed by atoms with van der Waals surface area (Å²) in [6.45, 7) is 8.84. The number of fused-ring (bicyclic) bond motifs is 1. The van der Waals surface area contributed by atoms with Crippen molar-refractivity contribution < 1.29 is 19.1 Å². The molecule has 2 amide bonds. The van der Waals surface area contributed by atoms with Gasteiger partial charge in [-0.2, -0.15) is 0 Å². The molecule has 184 valence electrons. The Bertz CT molecular complexity index is 809. The number of methoxy groups -OCH3 is 1. The van der Waals surface area contributed by atoms with E-state index in [1.54, 1.807) is 37.3 Å². The molecule has 3 atom stereocenters. The highest BCUT2D eigenvalue weighted by Crippen LogP contribution is 2.29. The van der Waals surface area contributed by atoms with Crippen molar-refractivity contribution in [1.29, 1.82) is 0 Å². The van der Waals surface area contributed by atoms with Gasteiger partial charge in [-0.25, -0.2) is 0 Å². The lowest BCUT2D eigenvalue weighted by Gasteiger charge is -2.38. The normalized spacial score (nSPS) is 26.0. The minimum absolute atomic E-state index is 0.0533. The van der Waals surface area contributed by atoms with E-state index in [0.29, 0.717) is 30.2 Å². The number of hydrogen-bond donors (Lipinski definition) is 1. The third-order valence-corrected chi connectivity index (χ3v) is 7.11. The van der Waals surface area contributed by atoms with Gasteiger partial charge >= 0.3 is 0 Å². The molecule has 0 saturated heterocycles. The summed E-state index contributed by atoms with van der Waals surface area (Å²) in [4.78, 5) is 29.1. The summed E-state index contributed by atoms with van der Waals surface area (Å²) in [6, 6.07) is 5.43. The Morgan fingerprint density at radius 1 is 1.18 bits per heavy atom. The summed E-state index contributed by atoms with van der Waals surface area (Å²) in [7, 11) is 3.54. The van der Waals surface area contributed by atoms with E-state index in [1.807, 2.05) is 0 Å². The van der Waals surface area contributed by atoms with E-state index in [0.717, 1.165) is 19.0 Å². The van der Waals surface area contributed by atoms with Gasteiger partial charge in [-0.15, -0.1) is 0 Å². The predicted molar refractivity (Wildman–Crippen MR) is 131 cm³/mol. The number of carbonyl (C=O) groups excluding carboxylic acids is 2. The number of rotatable bonds is 4. The molecule has 2 aliphatic rings. The quantitative estimate of drug-likeness (QED) is 0.736. The number of nitrogens with zero attached hydrogens (tertiary/aromatic N) is 2. The molecule has 7 heteroatoms. The Kier molecular flexibility index (Phi) is 9.15. The maximum atomic E-state index is 13.3. The molecule has 0 unspecified atom stereocenters. The molecule has 1 aromatic rings. The molecule has 1 saturated carbocycles. The fourth-order valence-corrected chi connectivity index (χ4v) is 5.08. The van der Waals surface area contributed by atoms with Crippen LogP contribution in [0.2, 0.25) is 0 Å². The van der Waals surface area contributed by atoms with Gasteiger partial charge in [0, 0.05) is 58.5 Å². The maximum Gasteiger partial charge on any atom is 0.257 e. The number of ether oxygens (including phenoxy) is 2. The van der Waals surface area contributed by atoms with E-state index in [2.05, 4.69) is 24.1 Å². The zero-order chi connectivity index (χ0) is 24.0. The van der Waals surface area contributed by atoms with E-state index in [1.165, 1.54) is 39.0 Å². The van der Waals surface area contributed by atoms with Crippen LogP contribution in [-0.4, -0.2) is 74.2 Å². The molecular formula is C26H41N3O4. The Labute approximate surface area is 198 Å². The van der Waals surface area contributed by atoms with Crippen molar-refractivity contribution in [2.75, 3.05) is 45.7 Å². The number of hydrogen-bond acceptors (Lipinski definition) is 5. The van der Waals surface area contributed by atoms with Crippen molar-refractivity contribution in [3.63, 3.8) is 0 Å². The third-order valence-electron chi connectivity index (χ3n) is 7.11. The molecule has 7 nitrogen and oxygen atoms in total. The van der Waals surface area contributed by atoms with Crippen LogP contribution in [0.5, 0.6) is 5.75 Å². The van der Waals surface area contributed by atoms with Gasteiger partial charge in [0.2, 0.25) is 5.91 Å². The lowest BCUT2D eigenvalue weighted by Crippen LogP contribution is -2.48. The maximum absolute atomic E-state index is 13.3. The largest absolute Gasteiger partial charge is 0.491 e. The predicted octanol–water partition coefficient (Wildman–Crippen LogP) is 4.03. The smallest absolute Gasteiger partial charge is 0.257 e. The molecule has 1 aliphatic carbocycles. The average Bonchev–Trinajstić information content (AvgIpc) is 2.79. The number of carbonyl (C=O) groups is 2. The Hall–Kier alpha value is -2.12. The van der Waals surface area contributed by atoms with E-state index in [4.69, 9.17) is 9.47 Å². The van der Waals surface area contributed by atoms with Crippen LogP contribution >= 0.6 is 0 Å². The average molecular weight is 460 g/mol. The number of nitrogens with one attached hydrogen (secondary N) is 1. The second kappa shape index (κ2) is 11.8. The Balaban J connectivity index is 1.89. The zero-order valence-corrected chi connectivity index (χ0v) is 20.9. The highest BCUT2D eigenvalue weighted by molar-refractivity contribution is 5.98. The van der Waals surface area contributed by atoms with Crippen molar-refractivity contribution in [1.82, 2.24) is 9.80 Å². The SMILES string of the molecule is CO[C@H]1CN(C)C(=O)c2ccc(NC(C)=O)cc2OC[C@@H](C)N(CC2CCCCC2)C[C@H]1C. The van der Waals surface area contributed by atoms with Crippen LogP contribution in [0.25, 0.3) is 0 Å². The lowest BCUT2D eigenvalue weighted by molar-refractivity contribution is -0.114. The number of amides is 2. The van der Waals surface area contributed by atoms with Crippen molar-refractivity contribution in [3.8, 4) is 5.75 Å². The van der Waals surface area contributed by atoms with Crippen molar-refractivity contribution in [2.24, 2.45) is 11.8 Å². The molecule has 1 heterocycles. The third kappa shape index (κ3) is 6.93. The number of benzene rings is 1. The van der Waals surface area contributed by atoms with Crippen LogP contribution in [0, 0.1) is 11.8 Å². The molecule has 1 aromatic carbocycles. The second-order valence-corrected chi connectivity index (χ2v) is 9.95. The summed E-state index contributed by atoms with van der Waals surface area (Å²) >= 11 is 0.